The molecule has 3 aromatic heterocycles. The quantitative estimate of drug-likeness (QED) is 0.468. The molecule has 0 atom stereocenters. The second-order valence-corrected chi connectivity index (χ2v) is 10.9. The van der Waals surface area contributed by atoms with E-state index in [4.69, 9.17) is 4.42 Å². The third-order valence-corrected chi connectivity index (χ3v) is 8.39. The standard InChI is InChI=1S/C22H26N4O3S3/c1-14-19(32-15(2)24-14)22(28)26-8-5-16(6-9-26)21-25-18(13-31-21)20(27)23-7-11-30-12-17-4-3-10-29-17/h3-4,10,13,16H,5-9,11-12H2,1-2H3,(H,23,27). The lowest BCUT2D eigenvalue weighted by atomic mass is 9.97. The number of carbonyl (C=O) groups excluding carboxylic acids is 2. The first-order valence-electron chi connectivity index (χ1n) is 10.6. The van der Waals surface area contributed by atoms with Crippen molar-refractivity contribution in [3.05, 3.63) is 55.8 Å². The molecular formula is C22H26N4O3S3. The zero-order chi connectivity index (χ0) is 22.5. The lowest BCUT2D eigenvalue weighted by Gasteiger charge is -2.30. The second kappa shape index (κ2) is 10.6. The highest BCUT2D eigenvalue weighted by molar-refractivity contribution is 7.98. The summed E-state index contributed by atoms with van der Waals surface area (Å²) in [5, 5.41) is 6.68. The molecule has 0 saturated carbocycles. The van der Waals surface area contributed by atoms with Gasteiger partial charge in [-0.05, 0) is 38.8 Å². The molecule has 1 saturated heterocycles. The number of nitrogens with one attached hydrogen (secondary N) is 1. The first-order chi connectivity index (χ1) is 15.5. The van der Waals surface area contributed by atoms with E-state index in [2.05, 4.69) is 15.3 Å². The molecule has 0 unspecified atom stereocenters. The van der Waals surface area contributed by atoms with Crippen LogP contribution in [-0.2, 0) is 5.75 Å². The maximum atomic E-state index is 12.8. The average molecular weight is 491 g/mol. The summed E-state index contributed by atoms with van der Waals surface area (Å²) in [6, 6.07) is 3.83. The molecule has 0 bridgehead atoms. The SMILES string of the molecule is Cc1nc(C)c(C(=O)N2CCC(c3nc(C(=O)NCCSCc4ccco4)cs3)CC2)s1. The molecule has 0 aromatic carbocycles. The fraction of sp³-hybridized carbons (Fsp3) is 0.455. The van der Waals surface area contributed by atoms with E-state index in [0.717, 1.165) is 50.7 Å². The van der Waals surface area contributed by atoms with Crippen molar-refractivity contribution in [2.75, 3.05) is 25.4 Å². The minimum absolute atomic E-state index is 0.0793. The number of furan rings is 1. The maximum Gasteiger partial charge on any atom is 0.270 e. The minimum atomic E-state index is -0.130. The number of hydrogen-bond acceptors (Lipinski definition) is 8. The van der Waals surface area contributed by atoms with E-state index in [1.54, 1.807) is 18.0 Å². The minimum Gasteiger partial charge on any atom is -0.468 e. The monoisotopic (exact) mass is 490 g/mol. The number of rotatable bonds is 8. The number of nitrogens with zero attached hydrogens (tertiary/aromatic N) is 3. The highest BCUT2D eigenvalue weighted by Gasteiger charge is 2.28. The van der Waals surface area contributed by atoms with Crippen LogP contribution in [0.5, 0.6) is 0 Å². The van der Waals surface area contributed by atoms with Gasteiger partial charge in [0, 0.05) is 36.7 Å². The van der Waals surface area contributed by atoms with E-state index in [1.807, 2.05) is 36.3 Å². The summed E-state index contributed by atoms with van der Waals surface area (Å²) < 4.78 is 5.30. The normalized spacial score (nSPS) is 14.6. The molecule has 1 fully saturated rings. The van der Waals surface area contributed by atoms with Crippen molar-refractivity contribution in [3.63, 3.8) is 0 Å². The molecule has 1 aliphatic heterocycles. The van der Waals surface area contributed by atoms with Crippen LogP contribution in [0.4, 0.5) is 0 Å². The van der Waals surface area contributed by atoms with E-state index in [1.165, 1.54) is 22.7 Å². The highest BCUT2D eigenvalue weighted by atomic mass is 32.2. The van der Waals surface area contributed by atoms with Crippen molar-refractivity contribution in [2.24, 2.45) is 0 Å². The molecule has 32 heavy (non-hydrogen) atoms. The van der Waals surface area contributed by atoms with E-state index >= 15 is 0 Å². The Hall–Kier alpha value is -2.17. The van der Waals surface area contributed by atoms with Gasteiger partial charge in [0.15, 0.2) is 0 Å². The van der Waals surface area contributed by atoms with Gasteiger partial charge in [-0.15, -0.1) is 22.7 Å². The molecule has 0 spiro atoms. The summed E-state index contributed by atoms with van der Waals surface area (Å²) in [5.74, 6) is 2.79. The van der Waals surface area contributed by atoms with Crippen LogP contribution in [0.3, 0.4) is 0 Å². The number of piperidine rings is 1. The van der Waals surface area contributed by atoms with Crippen LogP contribution in [0.1, 0.15) is 60.4 Å². The predicted octanol–water partition coefficient (Wildman–Crippen LogP) is 4.49. The molecule has 7 nitrogen and oxygen atoms in total. The molecule has 4 rings (SSSR count). The van der Waals surface area contributed by atoms with Gasteiger partial charge in [-0.2, -0.15) is 11.8 Å². The van der Waals surface area contributed by atoms with Crippen molar-refractivity contribution in [2.45, 2.75) is 38.4 Å². The van der Waals surface area contributed by atoms with Crippen LogP contribution in [0.2, 0.25) is 0 Å². The molecule has 1 aliphatic rings. The third kappa shape index (κ3) is 5.60. The summed E-state index contributed by atoms with van der Waals surface area (Å²) in [6.07, 6.45) is 3.39. The smallest absolute Gasteiger partial charge is 0.270 e. The van der Waals surface area contributed by atoms with Crippen molar-refractivity contribution in [3.8, 4) is 0 Å². The Bertz CT molecular complexity index is 1050. The van der Waals surface area contributed by atoms with Gasteiger partial charge in [0.05, 0.1) is 27.7 Å². The number of likely N-dealkylation sites (tertiary alicyclic amines) is 1. The number of hydrogen-bond donors (Lipinski definition) is 1. The van der Waals surface area contributed by atoms with E-state index in [9.17, 15) is 9.59 Å². The van der Waals surface area contributed by atoms with Crippen molar-refractivity contribution < 1.29 is 14.0 Å². The number of thioether (sulfide) groups is 1. The van der Waals surface area contributed by atoms with Crippen molar-refractivity contribution in [1.29, 1.82) is 0 Å². The van der Waals surface area contributed by atoms with E-state index < -0.39 is 0 Å². The zero-order valence-electron chi connectivity index (χ0n) is 18.1. The molecule has 10 heteroatoms. The summed E-state index contributed by atoms with van der Waals surface area (Å²) in [7, 11) is 0. The fourth-order valence-corrected chi connectivity index (χ4v) is 6.29. The second-order valence-electron chi connectivity index (χ2n) is 7.67. The highest BCUT2D eigenvalue weighted by Crippen LogP contribution is 2.31. The molecular weight excluding hydrogens is 464 g/mol. The van der Waals surface area contributed by atoms with Crippen LogP contribution in [-0.4, -0.2) is 52.1 Å². The molecule has 2 amide bonds. The number of amides is 2. The fourth-order valence-electron chi connectivity index (χ4n) is 3.68. The Labute approximate surface area is 199 Å². The molecule has 3 aromatic rings. The Morgan fingerprint density at radius 1 is 1.28 bits per heavy atom. The predicted molar refractivity (Wildman–Crippen MR) is 129 cm³/mol. The number of aromatic nitrogens is 2. The Morgan fingerprint density at radius 3 is 2.78 bits per heavy atom. The molecule has 0 aliphatic carbocycles. The van der Waals surface area contributed by atoms with Crippen LogP contribution >= 0.6 is 34.4 Å². The number of carbonyl (C=O) groups is 2. The molecule has 170 valence electrons. The third-order valence-electron chi connectivity index (χ3n) is 5.34. The number of thiazole rings is 2. The van der Waals surface area contributed by atoms with Gasteiger partial charge in [-0.3, -0.25) is 9.59 Å². The molecule has 0 radical (unpaired) electrons. The maximum absolute atomic E-state index is 12.8. The Morgan fingerprint density at radius 2 is 2.09 bits per heavy atom. The summed E-state index contributed by atoms with van der Waals surface area (Å²) in [6.45, 7) is 5.82. The van der Waals surface area contributed by atoms with Gasteiger partial charge in [-0.25, -0.2) is 9.97 Å². The van der Waals surface area contributed by atoms with Gasteiger partial charge in [-0.1, -0.05) is 0 Å². The Balaban J connectivity index is 1.22. The van der Waals surface area contributed by atoms with Gasteiger partial charge < -0.3 is 14.6 Å². The Kier molecular flexibility index (Phi) is 7.64. The van der Waals surface area contributed by atoms with Crippen molar-refractivity contribution >= 4 is 46.2 Å². The van der Waals surface area contributed by atoms with Crippen molar-refractivity contribution in [1.82, 2.24) is 20.2 Å². The lowest BCUT2D eigenvalue weighted by molar-refractivity contribution is 0.0717. The zero-order valence-corrected chi connectivity index (χ0v) is 20.6. The van der Waals surface area contributed by atoms with Gasteiger partial charge in [0.2, 0.25) is 0 Å². The van der Waals surface area contributed by atoms with Gasteiger partial charge >= 0.3 is 0 Å². The van der Waals surface area contributed by atoms with Crippen LogP contribution in [0, 0.1) is 13.8 Å². The van der Waals surface area contributed by atoms with E-state index in [-0.39, 0.29) is 11.8 Å². The average Bonchev–Trinajstić information content (AvgIpc) is 3.54. The van der Waals surface area contributed by atoms with Gasteiger partial charge in [0.1, 0.15) is 16.3 Å². The summed E-state index contributed by atoms with van der Waals surface area (Å²) in [5.41, 5.74) is 1.30. The van der Waals surface area contributed by atoms with Crippen LogP contribution < -0.4 is 5.32 Å². The molecule has 4 heterocycles. The van der Waals surface area contributed by atoms with E-state index in [0.29, 0.717) is 31.2 Å². The number of aryl methyl sites for hydroxylation is 2. The molecule has 1 N–H and O–H groups in total. The first kappa shape index (κ1) is 23.0. The largest absolute Gasteiger partial charge is 0.468 e. The summed E-state index contributed by atoms with van der Waals surface area (Å²) >= 11 is 4.72. The van der Waals surface area contributed by atoms with Gasteiger partial charge in [0.25, 0.3) is 11.8 Å². The lowest BCUT2D eigenvalue weighted by Crippen LogP contribution is -2.37. The van der Waals surface area contributed by atoms with Crippen LogP contribution in [0.25, 0.3) is 0 Å². The first-order valence-corrected chi connectivity index (χ1v) is 13.4. The topological polar surface area (TPSA) is 88.3 Å². The van der Waals surface area contributed by atoms with Crippen LogP contribution in [0.15, 0.2) is 28.2 Å². The summed E-state index contributed by atoms with van der Waals surface area (Å²) in [4.78, 5) is 36.8.